The quantitative estimate of drug-likeness (QED) is 0.304. The molecular formula is C32H36F2N6O3. The van der Waals surface area contributed by atoms with Gasteiger partial charge >= 0.3 is 0 Å². The number of hydrogen-bond acceptors (Lipinski definition) is 7. The maximum Gasteiger partial charge on any atom is 0.251 e. The summed E-state index contributed by atoms with van der Waals surface area (Å²) in [4.78, 5) is 32.4. The number of nitrogens with one attached hydrogen (secondary N) is 1. The number of aliphatic hydroxyl groups excluding tert-OH is 1. The van der Waals surface area contributed by atoms with E-state index in [2.05, 4.69) is 27.1 Å². The van der Waals surface area contributed by atoms with E-state index in [1.165, 1.54) is 11.9 Å². The molecule has 2 fully saturated rings. The van der Waals surface area contributed by atoms with Crippen LogP contribution < -0.4 is 4.74 Å². The van der Waals surface area contributed by atoms with Crippen molar-refractivity contribution in [2.75, 3.05) is 39.3 Å². The highest BCUT2D eigenvalue weighted by molar-refractivity contribution is 5.89. The van der Waals surface area contributed by atoms with Crippen molar-refractivity contribution in [3.63, 3.8) is 0 Å². The number of aliphatic hydroxyl groups is 1. The molecule has 2 saturated heterocycles. The molecule has 0 saturated carbocycles. The highest BCUT2D eigenvalue weighted by Gasteiger charge is 2.25. The van der Waals surface area contributed by atoms with Crippen molar-refractivity contribution in [3.05, 3.63) is 59.9 Å². The average Bonchev–Trinajstić information content (AvgIpc) is 3.47. The Bertz CT molecular complexity index is 1560. The molecule has 0 bridgehead atoms. The van der Waals surface area contributed by atoms with Crippen molar-refractivity contribution in [1.29, 1.82) is 0 Å². The molecule has 6 rings (SSSR count). The molecule has 0 aliphatic carbocycles. The SMILES string of the molecule is Cc1cc(-c2ncnc3[nH]c(-c4ccc(C5CCN(CC(F)F)CC5)cc4)nc23)ccc1OC1CCN(C(=O)CO)CC1. The van der Waals surface area contributed by atoms with Crippen LogP contribution >= 0.6 is 0 Å². The van der Waals surface area contributed by atoms with Crippen molar-refractivity contribution in [2.24, 2.45) is 0 Å². The number of halogens is 2. The number of likely N-dealkylation sites (tertiary alicyclic amines) is 2. The van der Waals surface area contributed by atoms with Gasteiger partial charge < -0.3 is 19.7 Å². The molecule has 0 spiro atoms. The van der Waals surface area contributed by atoms with E-state index >= 15 is 0 Å². The molecule has 2 aromatic heterocycles. The van der Waals surface area contributed by atoms with Crippen molar-refractivity contribution in [2.45, 2.75) is 51.1 Å². The Morgan fingerprint density at radius 3 is 2.42 bits per heavy atom. The Kier molecular flexibility index (Phi) is 8.62. The molecule has 226 valence electrons. The molecule has 0 radical (unpaired) electrons. The van der Waals surface area contributed by atoms with Gasteiger partial charge in [-0.1, -0.05) is 24.3 Å². The maximum atomic E-state index is 12.7. The van der Waals surface area contributed by atoms with Crippen molar-refractivity contribution in [3.8, 4) is 28.4 Å². The number of rotatable bonds is 8. The molecule has 2 N–H and O–H groups in total. The minimum atomic E-state index is -2.28. The van der Waals surface area contributed by atoms with Crippen molar-refractivity contribution >= 4 is 17.1 Å². The second-order valence-corrected chi connectivity index (χ2v) is 11.4. The van der Waals surface area contributed by atoms with E-state index in [1.54, 1.807) is 4.90 Å². The topological polar surface area (TPSA) is 107 Å². The van der Waals surface area contributed by atoms with Crippen LogP contribution in [0.1, 0.15) is 42.7 Å². The van der Waals surface area contributed by atoms with Crippen LogP contribution in [0.4, 0.5) is 8.78 Å². The second kappa shape index (κ2) is 12.7. The molecule has 1 amide bonds. The Labute approximate surface area is 248 Å². The zero-order valence-corrected chi connectivity index (χ0v) is 24.2. The van der Waals surface area contributed by atoms with Crippen LogP contribution in [0.2, 0.25) is 0 Å². The van der Waals surface area contributed by atoms with Gasteiger partial charge in [0.2, 0.25) is 5.91 Å². The van der Waals surface area contributed by atoms with E-state index in [0.717, 1.165) is 53.8 Å². The number of benzene rings is 2. The van der Waals surface area contributed by atoms with Crippen LogP contribution in [0.5, 0.6) is 5.75 Å². The van der Waals surface area contributed by atoms with Gasteiger partial charge in [0.15, 0.2) is 5.65 Å². The van der Waals surface area contributed by atoms with Gasteiger partial charge in [0.25, 0.3) is 6.43 Å². The Morgan fingerprint density at radius 1 is 1.02 bits per heavy atom. The van der Waals surface area contributed by atoms with Crippen LogP contribution in [0.3, 0.4) is 0 Å². The number of piperidine rings is 2. The van der Waals surface area contributed by atoms with Gasteiger partial charge in [-0.2, -0.15) is 0 Å². The maximum absolute atomic E-state index is 12.7. The molecule has 2 aliphatic heterocycles. The first-order valence-corrected chi connectivity index (χ1v) is 14.9. The third-order valence-corrected chi connectivity index (χ3v) is 8.59. The number of amides is 1. The molecule has 11 heteroatoms. The number of imidazole rings is 1. The fourth-order valence-corrected chi connectivity index (χ4v) is 6.16. The number of carbonyl (C=O) groups is 1. The number of aromatic nitrogens is 4. The fourth-order valence-electron chi connectivity index (χ4n) is 6.16. The van der Waals surface area contributed by atoms with E-state index in [1.807, 2.05) is 42.2 Å². The number of fused-ring (bicyclic) bond motifs is 1. The highest BCUT2D eigenvalue weighted by Crippen LogP contribution is 2.33. The lowest BCUT2D eigenvalue weighted by Gasteiger charge is -2.32. The summed E-state index contributed by atoms with van der Waals surface area (Å²) in [7, 11) is 0. The minimum Gasteiger partial charge on any atom is -0.490 e. The second-order valence-electron chi connectivity index (χ2n) is 11.4. The van der Waals surface area contributed by atoms with Gasteiger partial charge in [0.05, 0.1) is 6.54 Å². The average molecular weight is 591 g/mol. The van der Waals surface area contributed by atoms with Gasteiger partial charge in [-0.15, -0.1) is 0 Å². The zero-order chi connectivity index (χ0) is 29.9. The molecule has 4 heterocycles. The van der Waals surface area contributed by atoms with Gasteiger partial charge in [0, 0.05) is 37.1 Å². The number of hydrogen-bond donors (Lipinski definition) is 2. The lowest BCUT2D eigenvalue weighted by molar-refractivity contribution is -0.135. The van der Waals surface area contributed by atoms with E-state index in [-0.39, 0.29) is 18.6 Å². The minimum absolute atomic E-state index is 0.0108. The Hall–Kier alpha value is -3.96. The summed E-state index contributed by atoms with van der Waals surface area (Å²) in [6.07, 6.45) is 2.46. The number of aryl methyl sites for hydroxylation is 1. The lowest BCUT2D eigenvalue weighted by Crippen LogP contribution is -2.42. The van der Waals surface area contributed by atoms with E-state index < -0.39 is 13.0 Å². The predicted molar refractivity (Wildman–Crippen MR) is 159 cm³/mol. The molecule has 43 heavy (non-hydrogen) atoms. The summed E-state index contributed by atoms with van der Waals surface area (Å²) < 4.78 is 31.7. The normalized spacial score (nSPS) is 17.2. The van der Waals surface area contributed by atoms with Crippen molar-refractivity contribution < 1.29 is 23.4 Å². The summed E-state index contributed by atoms with van der Waals surface area (Å²) in [5.74, 6) is 1.63. The predicted octanol–water partition coefficient (Wildman–Crippen LogP) is 4.80. The van der Waals surface area contributed by atoms with Crippen LogP contribution in [0.25, 0.3) is 33.8 Å². The molecule has 9 nitrogen and oxygen atoms in total. The van der Waals surface area contributed by atoms with E-state index in [4.69, 9.17) is 14.8 Å². The number of ether oxygens (including phenoxy) is 1. The monoisotopic (exact) mass is 590 g/mol. The first kappa shape index (κ1) is 29.1. The molecule has 2 aliphatic rings. The fraction of sp³-hybridized carbons (Fsp3) is 0.438. The summed E-state index contributed by atoms with van der Waals surface area (Å²) in [5, 5.41) is 9.09. The van der Waals surface area contributed by atoms with Crippen LogP contribution in [-0.4, -0.2) is 92.6 Å². The number of aromatic amines is 1. The van der Waals surface area contributed by atoms with Crippen LogP contribution in [-0.2, 0) is 4.79 Å². The zero-order valence-electron chi connectivity index (χ0n) is 24.2. The van der Waals surface area contributed by atoms with Gasteiger partial charge in [-0.3, -0.25) is 9.69 Å². The van der Waals surface area contributed by atoms with Gasteiger partial charge in [-0.05, 0) is 68.1 Å². The molecule has 0 unspecified atom stereocenters. The van der Waals surface area contributed by atoms with E-state index in [0.29, 0.717) is 49.1 Å². The van der Waals surface area contributed by atoms with Crippen LogP contribution in [0.15, 0.2) is 48.8 Å². The van der Waals surface area contributed by atoms with Gasteiger partial charge in [-0.25, -0.2) is 23.7 Å². The number of carbonyl (C=O) groups excluding carboxylic acids is 1. The third-order valence-electron chi connectivity index (χ3n) is 8.59. The summed E-state index contributed by atoms with van der Waals surface area (Å²) >= 11 is 0. The molecule has 4 aromatic rings. The Morgan fingerprint density at radius 2 is 1.74 bits per heavy atom. The summed E-state index contributed by atoms with van der Waals surface area (Å²) in [6, 6.07) is 14.3. The number of H-pyrrole nitrogens is 1. The smallest absolute Gasteiger partial charge is 0.251 e. The Balaban J connectivity index is 1.14. The molecule has 2 aromatic carbocycles. The highest BCUT2D eigenvalue weighted by atomic mass is 19.3. The van der Waals surface area contributed by atoms with Crippen LogP contribution in [0, 0.1) is 6.92 Å². The summed E-state index contributed by atoms with van der Waals surface area (Å²) in [6.45, 7) is 3.95. The van der Waals surface area contributed by atoms with E-state index in [9.17, 15) is 13.6 Å². The first-order chi connectivity index (χ1) is 20.9. The lowest BCUT2D eigenvalue weighted by atomic mass is 9.89. The molecule has 0 atom stereocenters. The standard InChI is InChI=1S/C32H36F2N6O3/c1-20-16-24(6-7-26(20)43-25-10-14-40(15-11-25)28(42)18-41)29-30-32(36-19-35-29)38-31(37-30)23-4-2-21(3-5-23)22-8-12-39(13-9-22)17-27(33)34/h2-7,16,19,22,25,27,41H,8-15,17-18H2,1H3,(H,35,36,37,38). The third kappa shape index (κ3) is 6.52. The number of nitrogens with zero attached hydrogens (tertiary/aromatic N) is 5. The number of alkyl halides is 2. The largest absolute Gasteiger partial charge is 0.490 e. The van der Waals surface area contributed by atoms with Crippen molar-refractivity contribution in [1.82, 2.24) is 29.7 Å². The first-order valence-electron chi connectivity index (χ1n) is 14.9. The molecular weight excluding hydrogens is 554 g/mol. The van der Waals surface area contributed by atoms with Gasteiger partial charge in [0.1, 0.15) is 41.8 Å². The summed E-state index contributed by atoms with van der Waals surface area (Å²) in [5.41, 5.74) is 6.11.